The zero-order valence-corrected chi connectivity index (χ0v) is 17.8. The van der Waals surface area contributed by atoms with Crippen molar-refractivity contribution >= 4 is 23.5 Å². The first-order valence-electron chi connectivity index (χ1n) is 10.7. The van der Waals surface area contributed by atoms with Crippen LogP contribution in [0.4, 0.5) is 5.82 Å². The lowest BCUT2D eigenvalue weighted by molar-refractivity contribution is -0.137. The van der Waals surface area contributed by atoms with E-state index in [0.29, 0.717) is 17.9 Å². The van der Waals surface area contributed by atoms with E-state index in [1.165, 1.54) is 4.90 Å². The Labute approximate surface area is 190 Å². The lowest BCUT2D eigenvalue weighted by Crippen LogP contribution is -2.60. The maximum atomic E-state index is 13.4. The molecule has 0 unspecified atom stereocenters. The Morgan fingerprint density at radius 2 is 1.73 bits per heavy atom. The van der Waals surface area contributed by atoms with Crippen LogP contribution in [0, 0.1) is 0 Å². The first-order valence-corrected chi connectivity index (χ1v) is 10.7. The second-order valence-corrected chi connectivity index (χ2v) is 7.93. The third-order valence-electron chi connectivity index (χ3n) is 5.87. The molecule has 0 bridgehead atoms. The number of para-hydroxylation sites is 1. The number of piperazine rings is 1. The number of carbonyl (C=O) groups excluding carboxylic acids is 3. The van der Waals surface area contributed by atoms with Crippen LogP contribution in [0.1, 0.15) is 10.4 Å². The zero-order valence-electron chi connectivity index (χ0n) is 17.8. The van der Waals surface area contributed by atoms with Gasteiger partial charge in [-0.05, 0) is 23.8 Å². The van der Waals surface area contributed by atoms with E-state index in [1.54, 1.807) is 29.3 Å². The molecule has 3 aromatic rings. The van der Waals surface area contributed by atoms with Gasteiger partial charge >= 0.3 is 0 Å². The summed E-state index contributed by atoms with van der Waals surface area (Å²) in [5.41, 5.74) is 2.07. The lowest BCUT2D eigenvalue weighted by atomic mass is 10.0. The van der Waals surface area contributed by atoms with Crippen LogP contribution < -0.4 is 10.1 Å². The predicted molar refractivity (Wildman–Crippen MR) is 122 cm³/mol. The maximum Gasteiger partial charge on any atom is 0.260 e. The topological polar surface area (TPSA) is 91.8 Å². The van der Waals surface area contributed by atoms with Crippen molar-refractivity contribution < 1.29 is 19.1 Å². The number of hydrogen-bond acceptors (Lipinski definition) is 5. The van der Waals surface area contributed by atoms with Crippen molar-refractivity contribution in [2.45, 2.75) is 6.04 Å². The molecule has 1 aromatic heterocycles. The van der Waals surface area contributed by atoms with Gasteiger partial charge in [0, 0.05) is 24.8 Å². The maximum absolute atomic E-state index is 13.4. The Bertz CT molecular complexity index is 1200. The van der Waals surface area contributed by atoms with Gasteiger partial charge in [-0.2, -0.15) is 0 Å². The summed E-state index contributed by atoms with van der Waals surface area (Å²) < 4.78 is 5.55. The normalized spacial score (nSPS) is 17.5. The second kappa shape index (κ2) is 8.74. The van der Waals surface area contributed by atoms with Crippen LogP contribution in [0.25, 0.3) is 11.1 Å². The number of pyridine rings is 1. The monoisotopic (exact) mass is 442 g/mol. The van der Waals surface area contributed by atoms with E-state index in [1.807, 2.05) is 48.5 Å². The summed E-state index contributed by atoms with van der Waals surface area (Å²) in [5.74, 6) is -0.0215. The van der Waals surface area contributed by atoms with Gasteiger partial charge in [0.05, 0.1) is 12.1 Å². The third kappa shape index (κ3) is 4.15. The summed E-state index contributed by atoms with van der Waals surface area (Å²) >= 11 is 0. The van der Waals surface area contributed by atoms with Crippen LogP contribution in [0.5, 0.6) is 5.75 Å². The Kier molecular flexibility index (Phi) is 5.48. The molecule has 3 amide bonds. The van der Waals surface area contributed by atoms with Crippen LogP contribution in [-0.4, -0.2) is 64.8 Å². The van der Waals surface area contributed by atoms with E-state index < -0.39 is 6.04 Å². The summed E-state index contributed by atoms with van der Waals surface area (Å²) in [4.78, 5) is 46.4. The van der Waals surface area contributed by atoms with Gasteiger partial charge in [0.1, 0.15) is 17.6 Å². The Morgan fingerprint density at radius 1 is 1.00 bits per heavy atom. The zero-order chi connectivity index (χ0) is 22.8. The predicted octanol–water partition coefficient (Wildman–Crippen LogP) is 2.43. The highest BCUT2D eigenvalue weighted by Gasteiger charge is 2.41. The molecular formula is C25H22N4O4. The lowest BCUT2D eigenvalue weighted by Gasteiger charge is -2.39. The molecule has 8 heteroatoms. The van der Waals surface area contributed by atoms with Gasteiger partial charge in [0.15, 0.2) is 6.61 Å². The number of amides is 3. The molecule has 1 N–H and O–H groups in total. The minimum atomic E-state index is -0.790. The average molecular weight is 442 g/mol. The fourth-order valence-electron chi connectivity index (χ4n) is 4.10. The number of aromatic nitrogens is 1. The fourth-order valence-corrected chi connectivity index (χ4v) is 4.10. The third-order valence-corrected chi connectivity index (χ3v) is 5.87. The van der Waals surface area contributed by atoms with E-state index in [0.717, 1.165) is 11.1 Å². The number of anilines is 1. The van der Waals surface area contributed by atoms with Crippen molar-refractivity contribution in [1.82, 2.24) is 14.8 Å². The number of nitrogens with one attached hydrogen (secondary N) is 1. The SMILES string of the molecule is O=C1Nc2ncc(-c3ccccc3)cc2C(=O)N2CCN(C(=O)COc3ccccc3)C[C@@H]12. The van der Waals surface area contributed by atoms with Crippen LogP contribution in [0.2, 0.25) is 0 Å². The number of hydrogen-bond donors (Lipinski definition) is 1. The molecule has 2 aliphatic heterocycles. The van der Waals surface area contributed by atoms with Crippen LogP contribution >= 0.6 is 0 Å². The van der Waals surface area contributed by atoms with Gasteiger partial charge in [-0.3, -0.25) is 14.4 Å². The highest BCUT2D eigenvalue weighted by molar-refractivity contribution is 6.09. The standard InChI is InChI=1S/C25H22N4O4/c30-22(16-33-19-9-5-2-6-10-19)28-11-12-29-21(15-28)24(31)27-23-20(25(29)32)13-18(14-26-23)17-7-3-1-4-8-17/h1-10,13-14,21H,11-12,15-16H2,(H,26,27,31)/t21-/m0/s1. The highest BCUT2D eigenvalue weighted by Crippen LogP contribution is 2.28. The average Bonchev–Trinajstić information content (AvgIpc) is 2.97. The van der Waals surface area contributed by atoms with E-state index in [2.05, 4.69) is 10.3 Å². The molecule has 1 atom stereocenters. The quantitative estimate of drug-likeness (QED) is 0.670. The molecule has 33 heavy (non-hydrogen) atoms. The van der Waals surface area contributed by atoms with Gasteiger partial charge in [-0.1, -0.05) is 48.5 Å². The number of carbonyl (C=O) groups is 3. The number of benzene rings is 2. The Morgan fingerprint density at radius 3 is 2.48 bits per heavy atom. The van der Waals surface area contributed by atoms with Crippen molar-refractivity contribution in [3.8, 4) is 16.9 Å². The molecule has 1 fully saturated rings. The molecule has 0 radical (unpaired) electrons. The van der Waals surface area contributed by atoms with Gasteiger partial charge < -0.3 is 19.9 Å². The molecule has 166 valence electrons. The Balaban J connectivity index is 1.33. The van der Waals surface area contributed by atoms with Crippen LogP contribution in [0.15, 0.2) is 72.9 Å². The smallest absolute Gasteiger partial charge is 0.260 e. The van der Waals surface area contributed by atoms with Gasteiger partial charge in [0.25, 0.3) is 11.8 Å². The molecule has 0 aliphatic carbocycles. The molecule has 5 rings (SSSR count). The highest BCUT2D eigenvalue weighted by atomic mass is 16.5. The number of fused-ring (bicyclic) bond motifs is 2. The van der Waals surface area contributed by atoms with Crippen molar-refractivity contribution in [3.63, 3.8) is 0 Å². The molecule has 0 saturated carbocycles. The minimum Gasteiger partial charge on any atom is -0.484 e. The van der Waals surface area contributed by atoms with E-state index >= 15 is 0 Å². The van der Waals surface area contributed by atoms with Gasteiger partial charge in [0.2, 0.25) is 5.91 Å². The van der Waals surface area contributed by atoms with Crippen molar-refractivity contribution in [2.75, 3.05) is 31.6 Å². The first kappa shape index (κ1) is 20.7. The molecule has 2 aliphatic rings. The Hall–Kier alpha value is -4.20. The van der Waals surface area contributed by atoms with E-state index in [9.17, 15) is 14.4 Å². The van der Waals surface area contributed by atoms with Crippen LogP contribution in [0.3, 0.4) is 0 Å². The molecule has 3 heterocycles. The largest absolute Gasteiger partial charge is 0.484 e. The molecular weight excluding hydrogens is 420 g/mol. The molecule has 2 aromatic carbocycles. The van der Waals surface area contributed by atoms with Crippen molar-refractivity contribution in [1.29, 1.82) is 0 Å². The molecule has 8 nitrogen and oxygen atoms in total. The summed E-state index contributed by atoms with van der Waals surface area (Å²) in [6, 6.07) is 19.7. The first-order chi connectivity index (χ1) is 16.1. The van der Waals surface area contributed by atoms with Gasteiger partial charge in [-0.15, -0.1) is 0 Å². The van der Waals surface area contributed by atoms with Gasteiger partial charge in [-0.25, -0.2) is 4.98 Å². The van der Waals surface area contributed by atoms with Crippen molar-refractivity contribution in [3.05, 3.63) is 78.5 Å². The second-order valence-electron chi connectivity index (χ2n) is 7.93. The number of nitrogens with zero attached hydrogens (tertiary/aromatic N) is 3. The minimum absolute atomic E-state index is 0.105. The molecule has 1 saturated heterocycles. The fraction of sp³-hybridized carbons (Fsp3) is 0.200. The summed E-state index contributed by atoms with van der Waals surface area (Å²) in [6.07, 6.45) is 1.64. The summed E-state index contributed by atoms with van der Waals surface area (Å²) in [5, 5.41) is 2.77. The summed E-state index contributed by atoms with van der Waals surface area (Å²) in [6.45, 7) is 0.555. The van der Waals surface area contributed by atoms with E-state index in [-0.39, 0.29) is 43.2 Å². The number of rotatable bonds is 4. The van der Waals surface area contributed by atoms with Crippen LogP contribution in [-0.2, 0) is 9.59 Å². The molecule has 0 spiro atoms. The number of ether oxygens (including phenoxy) is 1. The summed E-state index contributed by atoms with van der Waals surface area (Å²) in [7, 11) is 0. The van der Waals surface area contributed by atoms with Crippen molar-refractivity contribution in [2.24, 2.45) is 0 Å². The van der Waals surface area contributed by atoms with E-state index in [4.69, 9.17) is 4.74 Å².